The second kappa shape index (κ2) is 5.92. The standard InChI is InChI=1S/C16H18N6O/c1-11(19-13-7-8-14-17-10-18-22(14)9-13)15-20-21-16(23-15)12-5-3-2-4-6-12/h2-6,10-11,13,19H,7-9H2,1H3/t11-,13+/m1/s1. The van der Waals surface area contributed by atoms with Gasteiger partial charge in [0.15, 0.2) is 0 Å². The molecule has 1 N–H and O–H groups in total. The van der Waals surface area contributed by atoms with Crippen LogP contribution >= 0.6 is 0 Å². The molecule has 7 nitrogen and oxygen atoms in total. The molecule has 4 rings (SSSR count). The van der Waals surface area contributed by atoms with Crippen molar-refractivity contribution >= 4 is 0 Å². The van der Waals surface area contributed by atoms with Crippen LogP contribution in [0.1, 0.15) is 31.1 Å². The Bertz CT molecular complexity index is 781. The predicted octanol–water partition coefficient (Wildman–Crippen LogP) is 1.99. The normalized spacial score (nSPS) is 18.6. The molecule has 2 atom stereocenters. The third kappa shape index (κ3) is 2.87. The minimum absolute atomic E-state index is 0.00460. The van der Waals surface area contributed by atoms with E-state index in [4.69, 9.17) is 4.42 Å². The Labute approximate surface area is 133 Å². The first-order valence-electron chi connectivity index (χ1n) is 7.81. The number of benzene rings is 1. The van der Waals surface area contributed by atoms with E-state index in [1.165, 1.54) is 0 Å². The molecule has 0 radical (unpaired) electrons. The SMILES string of the molecule is C[C@@H](N[C@H]1CCc2ncnn2C1)c1nnc(-c2ccccc2)o1. The molecule has 23 heavy (non-hydrogen) atoms. The van der Waals surface area contributed by atoms with E-state index in [2.05, 4.69) is 25.6 Å². The van der Waals surface area contributed by atoms with Crippen molar-refractivity contribution in [2.75, 3.05) is 0 Å². The van der Waals surface area contributed by atoms with Crippen LogP contribution in [-0.4, -0.2) is 31.0 Å². The van der Waals surface area contributed by atoms with Gasteiger partial charge in [0, 0.05) is 18.0 Å². The first kappa shape index (κ1) is 14.1. The topological polar surface area (TPSA) is 81.7 Å². The lowest BCUT2D eigenvalue weighted by molar-refractivity contribution is 0.310. The second-order valence-corrected chi connectivity index (χ2v) is 5.79. The molecule has 3 heterocycles. The third-order valence-electron chi connectivity index (χ3n) is 4.12. The molecule has 0 amide bonds. The summed E-state index contributed by atoms with van der Waals surface area (Å²) in [5.41, 5.74) is 0.934. The fourth-order valence-electron chi connectivity index (χ4n) is 2.91. The zero-order chi connectivity index (χ0) is 15.6. The highest BCUT2D eigenvalue weighted by molar-refractivity contribution is 5.51. The van der Waals surface area contributed by atoms with Crippen molar-refractivity contribution in [3.63, 3.8) is 0 Å². The first-order chi connectivity index (χ1) is 11.3. The maximum absolute atomic E-state index is 5.81. The maximum Gasteiger partial charge on any atom is 0.247 e. The minimum atomic E-state index is -0.00460. The number of rotatable bonds is 4. The largest absolute Gasteiger partial charge is 0.419 e. The van der Waals surface area contributed by atoms with E-state index in [1.54, 1.807) is 6.33 Å². The fraction of sp³-hybridized carbons (Fsp3) is 0.375. The van der Waals surface area contributed by atoms with Gasteiger partial charge in [-0.3, -0.25) is 0 Å². The zero-order valence-electron chi connectivity index (χ0n) is 12.9. The molecule has 0 fully saturated rings. The molecule has 1 aliphatic heterocycles. The van der Waals surface area contributed by atoms with Crippen LogP contribution in [0.5, 0.6) is 0 Å². The molecular weight excluding hydrogens is 292 g/mol. The van der Waals surface area contributed by atoms with E-state index in [-0.39, 0.29) is 6.04 Å². The Hall–Kier alpha value is -2.54. The van der Waals surface area contributed by atoms with Crippen molar-refractivity contribution in [3.05, 3.63) is 48.4 Å². The van der Waals surface area contributed by atoms with Crippen molar-refractivity contribution in [2.45, 2.75) is 38.4 Å². The van der Waals surface area contributed by atoms with Gasteiger partial charge in [-0.15, -0.1) is 10.2 Å². The average molecular weight is 310 g/mol. The number of nitrogens with one attached hydrogen (secondary N) is 1. The summed E-state index contributed by atoms with van der Waals surface area (Å²) < 4.78 is 7.76. The summed E-state index contributed by atoms with van der Waals surface area (Å²) in [6.45, 7) is 2.86. The van der Waals surface area contributed by atoms with Gasteiger partial charge in [-0.2, -0.15) is 5.10 Å². The van der Waals surface area contributed by atoms with Crippen molar-refractivity contribution in [3.8, 4) is 11.5 Å². The van der Waals surface area contributed by atoms with Crippen LogP contribution in [0.25, 0.3) is 11.5 Å². The molecule has 0 aliphatic carbocycles. The van der Waals surface area contributed by atoms with Crippen LogP contribution in [0.2, 0.25) is 0 Å². The third-order valence-corrected chi connectivity index (χ3v) is 4.12. The second-order valence-electron chi connectivity index (χ2n) is 5.79. The fourth-order valence-corrected chi connectivity index (χ4v) is 2.91. The lowest BCUT2D eigenvalue weighted by Gasteiger charge is -2.25. The summed E-state index contributed by atoms with van der Waals surface area (Å²) >= 11 is 0. The minimum Gasteiger partial charge on any atom is -0.419 e. The van der Waals surface area contributed by atoms with E-state index in [0.29, 0.717) is 17.8 Å². The van der Waals surface area contributed by atoms with Gasteiger partial charge in [0.05, 0.1) is 12.6 Å². The number of hydrogen-bond donors (Lipinski definition) is 1. The number of fused-ring (bicyclic) bond motifs is 1. The lowest BCUT2D eigenvalue weighted by Crippen LogP contribution is -2.39. The monoisotopic (exact) mass is 310 g/mol. The molecule has 0 spiro atoms. The van der Waals surface area contributed by atoms with Gasteiger partial charge in [-0.05, 0) is 25.5 Å². The highest BCUT2D eigenvalue weighted by Crippen LogP contribution is 2.21. The number of aryl methyl sites for hydroxylation is 1. The molecule has 0 bridgehead atoms. The van der Waals surface area contributed by atoms with Gasteiger partial charge >= 0.3 is 0 Å². The van der Waals surface area contributed by atoms with Crippen LogP contribution in [-0.2, 0) is 13.0 Å². The highest BCUT2D eigenvalue weighted by atomic mass is 16.4. The Morgan fingerprint density at radius 3 is 3.00 bits per heavy atom. The summed E-state index contributed by atoms with van der Waals surface area (Å²) in [6.07, 6.45) is 3.58. The van der Waals surface area contributed by atoms with Crippen LogP contribution < -0.4 is 5.32 Å². The number of aromatic nitrogens is 5. The van der Waals surface area contributed by atoms with Crippen LogP contribution in [0.15, 0.2) is 41.1 Å². The van der Waals surface area contributed by atoms with Crippen LogP contribution in [0.4, 0.5) is 0 Å². The van der Waals surface area contributed by atoms with Gasteiger partial charge in [-0.1, -0.05) is 18.2 Å². The van der Waals surface area contributed by atoms with Gasteiger partial charge < -0.3 is 9.73 Å². The molecular formula is C16H18N6O. The van der Waals surface area contributed by atoms with E-state index in [9.17, 15) is 0 Å². The van der Waals surface area contributed by atoms with Gasteiger partial charge in [0.25, 0.3) is 0 Å². The zero-order valence-corrected chi connectivity index (χ0v) is 12.9. The highest BCUT2D eigenvalue weighted by Gasteiger charge is 2.23. The van der Waals surface area contributed by atoms with Gasteiger partial charge in [0.2, 0.25) is 11.8 Å². The summed E-state index contributed by atoms with van der Waals surface area (Å²) in [5, 5.41) is 16.1. The van der Waals surface area contributed by atoms with E-state index < -0.39 is 0 Å². The summed E-state index contributed by atoms with van der Waals surface area (Å²) in [6, 6.07) is 10.1. The molecule has 0 saturated carbocycles. The predicted molar refractivity (Wildman–Crippen MR) is 83.4 cm³/mol. The van der Waals surface area contributed by atoms with E-state index >= 15 is 0 Å². The molecule has 1 aliphatic rings. The van der Waals surface area contributed by atoms with Crippen LogP contribution in [0.3, 0.4) is 0 Å². The Morgan fingerprint density at radius 1 is 1.26 bits per heavy atom. The maximum atomic E-state index is 5.81. The quantitative estimate of drug-likeness (QED) is 0.793. The molecule has 1 aromatic carbocycles. The van der Waals surface area contributed by atoms with Gasteiger partial charge in [0.1, 0.15) is 12.2 Å². The Balaban J connectivity index is 1.44. The number of nitrogens with zero attached hydrogens (tertiary/aromatic N) is 5. The molecule has 0 unspecified atom stereocenters. The lowest BCUT2D eigenvalue weighted by atomic mass is 10.1. The smallest absolute Gasteiger partial charge is 0.247 e. The summed E-state index contributed by atoms with van der Waals surface area (Å²) in [7, 11) is 0. The molecule has 118 valence electrons. The summed E-state index contributed by atoms with van der Waals surface area (Å²) in [4.78, 5) is 4.25. The van der Waals surface area contributed by atoms with Crippen molar-refractivity contribution in [2.24, 2.45) is 0 Å². The Kier molecular flexibility index (Phi) is 3.63. The van der Waals surface area contributed by atoms with Crippen molar-refractivity contribution < 1.29 is 4.42 Å². The van der Waals surface area contributed by atoms with Crippen molar-refractivity contribution in [1.82, 2.24) is 30.3 Å². The number of hydrogen-bond acceptors (Lipinski definition) is 6. The van der Waals surface area contributed by atoms with E-state index in [1.807, 2.05) is 41.9 Å². The average Bonchev–Trinajstić information content (AvgIpc) is 3.24. The Morgan fingerprint density at radius 2 is 2.13 bits per heavy atom. The molecule has 0 saturated heterocycles. The first-order valence-corrected chi connectivity index (χ1v) is 7.81. The molecule has 3 aromatic rings. The van der Waals surface area contributed by atoms with Gasteiger partial charge in [-0.25, -0.2) is 9.67 Å². The molecule has 2 aromatic heterocycles. The van der Waals surface area contributed by atoms with Crippen LogP contribution in [0, 0.1) is 0 Å². The van der Waals surface area contributed by atoms with Crippen molar-refractivity contribution in [1.29, 1.82) is 0 Å². The molecule has 7 heteroatoms. The van der Waals surface area contributed by atoms with E-state index in [0.717, 1.165) is 30.8 Å². The summed E-state index contributed by atoms with van der Waals surface area (Å²) in [5.74, 6) is 2.21.